The van der Waals surface area contributed by atoms with Gasteiger partial charge in [0.25, 0.3) is 0 Å². The summed E-state index contributed by atoms with van der Waals surface area (Å²) in [5.41, 5.74) is 5.68. The second-order valence-corrected chi connectivity index (χ2v) is 5.81. The topological polar surface area (TPSA) is 75.4 Å². The summed E-state index contributed by atoms with van der Waals surface area (Å²) in [5.74, 6) is 1.44. The predicted molar refractivity (Wildman–Crippen MR) is 73.3 cm³/mol. The Kier molecular flexibility index (Phi) is 5.19. The third kappa shape index (κ3) is 4.20. The van der Waals surface area contributed by atoms with Gasteiger partial charge in [0.1, 0.15) is 0 Å². The van der Waals surface area contributed by atoms with E-state index in [9.17, 15) is 9.59 Å². The van der Waals surface area contributed by atoms with Crippen LogP contribution in [0.15, 0.2) is 0 Å². The molecule has 0 spiro atoms. The molecular formula is C14H25N3O2. The van der Waals surface area contributed by atoms with Gasteiger partial charge >= 0.3 is 0 Å². The lowest BCUT2D eigenvalue weighted by Gasteiger charge is -2.29. The number of carbonyl (C=O) groups is 2. The highest BCUT2D eigenvalue weighted by molar-refractivity contribution is 5.80. The van der Waals surface area contributed by atoms with Crippen LogP contribution in [0.1, 0.15) is 38.5 Å². The molecule has 1 aliphatic carbocycles. The first kappa shape index (κ1) is 14.3. The van der Waals surface area contributed by atoms with E-state index in [0.717, 1.165) is 32.2 Å². The Balaban J connectivity index is 1.76. The lowest BCUT2D eigenvalue weighted by Crippen LogP contribution is -2.36. The Morgan fingerprint density at radius 1 is 1.21 bits per heavy atom. The number of rotatable bonds is 3. The minimum atomic E-state index is 0.0544. The van der Waals surface area contributed by atoms with Gasteiger partial charge in [-0.25, -0.2) is 0 Å². The van der Waals surface area contributed by atoms with Gasteiger partial charge < -0.3 is 16.0 Å². The number of nitrogens with zero attached hydrogens (tertiary/aromatic N) is 1. The lowest BCUT2D eigenvalue weighted by atomic mass is 9.80. The average molecular weight is 267 g/mol. The van der Waals surface area contributed by atoms with Crippen molar-refractivity contribution in [2.75, 3.05) is 26.2 Å². The molecule has 1 saturated heterocycles. The van der Waals surface area contributed by atoms with Gasteiger partial charge in [-0.1, -0.05) is 0 Å². The van der Waals surface area contributed by atoms with Crippen molar-refractivity contribution in [3.63, 3.8) is 0 Å². The van der Waals surface area contributed by atoms with Crippen LogP contribution < -0.4 is 11.1 Å². The van der Waals surface area contributed by atoms with Crippen LogP contribution >= 0.6 is 0 Å². The molecule has 2 fully saturated rings. The molecule has 0 atom stereocenters. The zero-order valence-electron chi connectivity index (χ0n) is 11.6. The van der Waals surface area contributed by atoms with Gasteiger partial charge in [0, 0.05) is 32.5 Å². The molecule has 2 rings (SSSR count). The van der Waals surface area contributed by atoms with E-state index in [2.05, 4.69) is 5.32 Å². The number of nitrogens with two attached hydrogens (primary N) is 1. The van der Waals surface area contributed by atoms with Gasteiger partial charge in [0.2, 0.25) is 11.8 Å². The molecule has 0 aromatic heterocycles. The number of hydrogen-bond acceptors (Lipinski definition) is 3. The van der Waals surface area contributed by atoms with E-state index in [1.54, 1.807) is 0 Å². The minimum Gasteiger partial charge on any atom is -0.354 e. The molecule has 0 unspecified atom stereocenters. The zero-order chi connectivity index (χ0) is 13.7. The first-order valence-corrected chi connectivity index (χ1v) is 7.43. The molecule has 0 radical (unpaired) electrons. The third-order valence-corrected chi connectivity index (χ3v) is 4.43. The Hall–Kier alpha value is -1.10. The summed E-state index contributed by atoms with van der Waals surface area (Å²) in [6.45, 7) is 2.59. The van der Waals surface area contributed by atoms with Crippen LogP contribution in [0.3, 0.4) is 0 Å². The SMILES string of the molecule is NCC1CCC(CC(=O)N2CCNC(=O)CC2)CC1. The molecule has 19 heavy (non-hydrogen) atoms. The smallest absolute Gasteiger partial charge is 0.222 e. The second kappa shape index (κ2) is 6.89. The van der Waals surface area contributed by atoms with Crippen molar-refractivity contribution >= 4 is 11.8 Å². The van der Waals surface area contributed by atoms with Gasteiger partial charge in [-0.05, 0) is 44.1 Å². The Morgan fingerprint density at radius 2 is 1.89 bits per heavy atom. The van der Waals surface area contributed by atoms with Crippen LogP contribution in [-0.4, -0.2) is 42.9 Å². The number of hydrogen-bond donors (Lipinski definition) is 2. The molecule has 0 aromatic carbocycles. The fourth-order valence-corrected chi connectivity index (χ4v) is 3.06. The largest absolute Gasteiger partial charge is 0.354 e. The van der Waals surface area contributed by atoms with E-state index in [0.29, 0.717) is 44.3 Å². The fraction of sp³-hybridized carbons (Fsp3) is 0.857. The molecule has 0 bridgehead atoms. The van der Waals surface area contributed by atoms with E-state index < -0.39 is 0 Å². The van der Waals surface area contributed by atoms with Crippen molar-refractivity contribution in [1.82, 2.24) is 10.2 Å². The van der Waals surface area contributed by atoms with E-state index in [-0.39, 0.29) is 11.8 Å². The Bertz CT molecular complexity index is 325. The Labute approximate surface area is 114 Å². The van der Waals surface area contributed by atoms with Crippen LogP contribution in [0.5, 0.6) is 0 Å². The average Bonchev–Trinajstić information content (AvgIpc) is 2.64. The number of nitrogens with one attached hydrogen (secondary N) is 1. The summed E-state index contributed by atoms with van der Waals surface area (Å²) in [7, 11) is 0. The van der Waals surface area contributed by atoms with Crippen molar-refractivity contribution in [3.05, 3.63) is 0 Å². The molecule has 3 N–H and O–H groups in total. The molecule has 0 aromatic rings. The van der Waals surface area contributed by atoms with Crippen molar-refractivity contribution < 1.29 is 9.59 Å². The predicted octanol–water partition coefficient (Wildman–Crippen LogP) is 0.490. The molecule has 1 heterocycles. The summed E-state index contributed by atoms with van der Waals surface area (Å²) >= 11 is 0. The second-order valence-electron chi connectivity index (χ2n) is 5.81. The molecule has 1 aliphatic heterocycles. The van der Waals surface area contributed by atoms with E-state index in [1.165, 1.54) is 0 Å². The quantitative estimate of drug-likeness (QED) is 0.781. The van der Waals surface area contributed by atoms with Crippen LogP contribution in [-0.2, 0) is 9.59 Å². The van der Waals surface area contributed by atoms with Gasteiger partial charge in [0.15, 0.2) is 0 Å². The molecule has 2 aliphatic rings. The van der Waals surface area contributed by atoms with Crippen LogP contribution in [0.4, 0.5) is 0 Å². The molecule has 108 valence electrons. The van der Waals surface area contributed by atoms with Gasteiger partial charge in [-0.15, -0.1) is 0 Å². The van der Waals surface area contributed by atoms with E-state index in [1.807, 2.05) is 4.90 Å². The highest BCUT2D eigenvalue weighted by atomic mass is 16.2. The summed E-state index contributed by atoms with van der Waals surface area (Å²) in [6, 6.07) is 0. The summed E-state index contributed by atoms with van der Waals surface area (Å²) in [5, 5.41) is 2.80. The van der Waals surface area contributed by atoms with Crippen molar-refractivity contribution in [2.45, 2.75) is 38.5 Å². The van der Waals surface area contributed by atoms with Crippen molar-refractivity contribution in [1.29, 1.82) is 0 Å². The van der Waals surface area contributed by atoms with E-state index >= 15 is 0 Å². The van der Waals surface area contributed by atoms with Crippen LogP contribution in [0, 0.1) is 11.8 Å². The van der Waals surface area contributed by atoms with E-state index in [4.69, 9.17) is 5.73 Å². The fourth-order valence-electron chi connectivity index (χ4n) is 3.06. The molecule has 5 heteroatoms. The minimum absolute atomic E-state index is 0.0544. The standard InChI is InChI=1S/C14H25N3O2/c15-10-12-3-1-11(2-4-12)9-14(19)17-7-5-13(18)16-6-8-17/h11-12H,1-10,15H2,(H,16,18). The van der Waals surface area contributed by atoms with Crippen molar-refractivity contribution in [2.24, 2.45) is 17.6 Å². The zero-order valence-corrected chi connectivity index (χ0v) is 11.6. The van der Waals surface area contributed by atoms with Crippen molar-refractivity contribution in [3.8, 4) is 0 Å². The number of carbonyl (C=O) groups excluding carboxylic acids is 2. The Morgan fingerprint density at radius 3 is 2.58 bits per heavy atom. The first-order chi connectivity index (χ1) is 9.19. The first-order valence-electron chi connectivity index (χ1n) is 7.43. The summed E-state index contributed by atoms with van der Waals surface area (Å²) in [4.78, 5) is 25.3. The maximum absolute atomic E-state index is 12.2. The molecule has 2 amide bonds. The normalized spacial score (nSPS) is 28.7. The highest BCUT2D eigenvalue weighted by Gasteiger charge is 2.25. The summed E-state index contributed by atoms with van der Waals surface area (Å²) < 4.78 is 0. The van der Waals surface area contributed by atoms with Crippen LogP contribution in [0.2, 0.25) is 0 Å². The lowest BCUT2D eigenvalue weighted by molar-refractivity contribution is -0.132. The van der Waals surface area contributed by atoms with Gasteiger partial charge in [0.05, 0.1) is 0 Å². The number of amides is 2. The third-order valence-electron chi connectivity index (χ3n) is 4.43. The van der Waals surface area contributed by atoms with Gasteiger partial charge in [-0.2, -0.15) is 0 Å². The van der Waals surface area contributed by atoms with Crippen LogP contribution in [0.25, 0.3) is 0 Å². The van der Waals surface area contributed by atoms with Gasteiger partial charge in [-0.3, -0.25) is 9.59 Å². The monoisotopic (exact) mass is 267 g/mol. The maximum Gasteiger partial charge on any atom is 0.222 e. The highest BCUT2D eigenvalue weighted by Crippen LogP contribution is 2.30. The molecule has 5 nitrogen and oxygen atoms in total. The molecule has 1 saturated carbocycles. The summed E-state index contributed by atoms with van der Waals surface area (Å²) in [6.07, 6.45) is 5.65. The maximum atomic E-state index is 12.2. The molecular weight excluding hydrogens is 242 g/mol.